The number of hydrogen-bond donors (Lipinski definition) is 1. The van der Waals surface area contributed by atoms with Gasteiger partial charge in [0.05, 0.1) is 5.56 Å². The lowest BCUT2D eigenvalue weighted by molar-refractivity contribution is -0.137. The molecular weight excluding hydrogens is 357 g/mol. The molecule has 2 amide bonds. The monoisotopic (exact) mass is 378 g/mol. The minimum atomic E-state index is -4.47. The number of nitrogens with zero attached hydrogens (tertiary/aromatic N) is 1. The van der Waals surface area contributed by atoms with Crippen LogP contribution in [0.15, 0.2) is 48.5 Å². The highest BCUT2D eigenvalue weighted by molar-refractivity contribution is 6.01. The number of alkyl halides is 3. The number of halogens is 3. The fourth-order valence-corrected chi connectivity index (χ4v) is 2.59. The Morgan fingerprint density at radius 3 is 2.07 bits per heavy atom. The molecule has 0 saturated carbocycles. The fourth-order valence-electron chi connectivity index (χ4n) is 2.59. The fraction of sp³-hybridized carbons (Fsp3) is 0.300. The summed E-state index contributed by atoms with van der Waals surface area (Å²) in [5.74, 6) is -0.876. The Kier molecular flexibility index (Phi) is 6.25. The first kappa shape index (κ1) is 20.5. The highest BCUT2D eigenvalue weighted by Crippen LogP contribution is 2.29. The lowest BCUT2D eigenvalue weighted by Crippen LogP contribution is -2.45. The van der Waals surface area contributed by atoms with E-state index in [0.717, 1.165) is 29.8 Å². The van der Waals surface area contributed by atoms with Crippen LogP contribution in [0.4, 0.5) is 18.9 Å². The summed E-state index contributed by atoms with van der Waals surface area (Å²) in [7, 11) is 0. The summed E-state index contributed by atoms with van der Waals surface area (Å²) < 4.78 is 38.0. The maximum absolute atomic E-state index is 12.7. The van der Waals surface area contributed by atoms with Crippen LogP contribution >= 0.6 is 0 Å². The number of anilines is 1. The van der Waals surface area contributed by atoms with Gasteiger partial charge in [-0.05, 0) is 57.2 Å². The molecule has 0 spiro atoms. The maximum atomic E-state index is 12.7. The molecular formula is C20H21F3N2O2. The molecule has 2 aromatic carbocycles. The largest absolute Gasteiger partial charge is 0.416 e. The number of rotatable bonds is 5. The Hall–Kier alpha value is -2.83. The van der Waals surface area contributed by atoms with Crippen LogP contribution in [-0.2, 0) is 11.0 Å². The van der Waals surface area contributed by atoms with Crippen LogP contribution in [0.25, 0.3) is 0 Å². The molecule has 0 heterocycles. The minimum Gasteiger partial charge on any atom is -0.327 e. The molecule has 2 rings (SSSR count). The predicted octanol–water partition coefficient (Wildman–Crippen LogP) is 4.50. The second-order valence-corrected chi connectivity index (χ2v) is 6.20. The quantitative estimate of drug-likeness (QED) is 0.833. The van der Waals surface area contributed by atoms with Crippen LogP contribution in [0.3, 0.4) is 0 Å². The zero-order valence-corrected chi connectivity index (χ0v) is 15.3. The molecule has 0 bridgehead atoms. The number of hydrogen-bond acceptors (Lipinski definition) is 2. The summed E-state index contributed by atoms with van der Waals surface area (Å²) in [6, 6.07) is 10.4. The van der Waals surface area contributed by atoms with Gasteiger partial charge in [-0.2, -0.15) is 13.2 Å². The molecule has 0 aromatic heterocycles. The average molecular weight is 378 g/mol. The average Bonchev–Trinajstić information content (AvgIpc) is 2.63. The number of carbonyl (C=O) groups is 2. The van der Waals surface area contributed by atoms with Crippen LogP contribution in [0.5, 0.6) is 0 Å². The van der Waals surface area contributed by atoms with Crippen LogP contribution in [0.1, 0.15) is 35.3 Å². The molecule has 0 saturated heterocycles. The third kappa shape index (κ3) is 5.09. The van der Waals surface area contributed by atoms with Gasteiger partial charge in [0, 0.05) is 17.8 Å². The number of aryl methyl sites for hydroxylation is 1. The number of likely N-dealkylation sites (N-methyl/N-ethyl adjacent to an activating group) is 1. The summed E-state index contributed by atoms with van der Waals surface area (Å²) in [6.45, 7) is 5.45. The van der Waals surface area contributed by atoms with Gasteiger partial charge in [0.25, 0.3) is 5.91 Å². The number of nitrogens with one attached hydrogen (secondary N) is 1. The SMILES string of the molecule is CCN(C(=O)c1ccc(C(F)(F)F)cc1)C(C)C(=O)Nc1ccc(C)cc1. The lowest BCUT2D eigenvalue weighted by Gasteiger charge is -2.27. The van der Waals surface area contributed by atoms with Gasteiger partial charge in [0.2, 0.25) is 5.91 Å². The van der Waals surface area contributed by atoms with Gasteiger partial charge in [-0.25, -0.2) is 0 Å². The summed E-state index contributed by atoms with van der Waals surface area (Å²) >= 11 is 0. The van der Waals surface area contributed by atoms with E-state index in [1.54, 1.807) is 26.0 Å². The molecule has 0 fully saturated rings. The van der Waals surface area contributed by atoms with Gasteiger partial charge < -0.3 is 10.2 Å². The first-order valence-corrected chi connectivity index (χ1v) is 8.49. The van der Waals surface area contributed by atoms with Crippen LogP contribution < -0.4 is 5.32 Å². The topological polar surface area (TPSA) is 49.4 Å². The van der Waals surface area contributed by atoms with E-state index in [-0.39, 0.29) is 18.0 Å². The summed E-state index contributed by atoms with van der Waals surface area (Å²) in [4.78, 5) is 26.4. The standard InChI is InChI=1S/C20H21F3N2O2/c1-4-25(14(3)18(26)24-17-11-5-13(2)6-12-17)19(27)15-7-9-16(10-8-15)20(21,22)23/h5-12,14H,4H2,1-3H3,(H,24,26). The third-order valence-corrected chi connectivity index (χ3v) is 4.23. The molecule has 0 aliphatic heterocycles. The predicted molar refractivity (Wildman–Crippen MR) is 97.4 cm³/mol. The second-order valence-electron chi connectivity index (χ2n) is 6.20. The van der Waals surface area contributed by atoms with Crippen molar-refractivity contribution in [2.45, 2.75) is 33.0 Å². The van der Waals surface area contributed by atoms with Gasteiger partial charge in [0.1, 0.15) is 6.04 Å². The van der Waals surface area contributed by atoms with Crippen molar-refractivity contribution in [2.24, 2.45) is 0 Å². The number of benzene rings is 2. The molecule has 27 heavy (non-hydrogen) atoms. The van der Waals surface area contributed by atoms with Crippen molar-refractivity contribution in [1.29, 1.82) is 0 Å². The van der Waals surface area contributed by atoms with E-state index in [1.165, 1.54) is 4.90 Å². The van der Waals surface area contributed by atoms with Crippen molar-refractivity contribution in [3.8, 4) is 0 Å². The molecule has 4 nitrogen and oxygen atoms in total. The highest BCUT2D eigenvalue weighted by Gasteiger charge is 2.31. The van der Waals surface area contributed by atoms with E-state index in [9.17, 15) is 22.8 Å². The van der Waals surface area contributed by atoms with E-state index in [4.69, 9.17) is 0 Å². The van der Waals surface area contributed by atoms with Gasteiger partial charge in [-0.3, -0.25) is 9.59 Å². The van der Waals surface area contributed by atoms with Gasteiger partial charge in [-0.15, -0.1) is 0 Å². The third-order valence-electron chi connectivity index (χ3n) is 4.23. The minimum absolute atomic E-state index is 0.0971. The van der Waals surface area contributed by atoms with Crippen molar-refractivity contribution in [1.82, 2.24) is 4.90 Å². The van der Waals surface area contributed by atoms with Gasteiger partial charge in [0.15, 0.2) is 0 Å². The van der Waals surface area contributed by atoms with Crippen molar-refractivity contribution >= 4 is 17.5 Å². The Labute approximate surface area is 156 Å². The number of amides is 2. The molecule has 0 aliphatic rings. The Morgan fingerprint density at radius 2 is 1.59 bits per heavy atom. The van der Waals surface area contributed by atoms with Gasteiger partial charge in [-0.1, -0.05) is 17.7 Å². The second kappa shape index (κ2) is 8.24. The van der Waals surface area contributed by atoms with Crippen molar-refractivity contribution in [2.75, 3.05) is 11.9 Å². The summed E-state index contributed by atoms with van der Waals surface area (Å²) in [5.41, 5.74) is 0.927. The van der Waals surface area contributed by atoms with E-state index in [2.05, 4.69) is 5.32 Å². The molecule has 2 aromatic rings. The Bertz CT molecular complexity index is 799. The van der Waals surface area contributed by atoms with Gasteiger partial charge >= 0.3 is 6.18 Å². The molecule has 0 aliphatic carbocycles. The van der Waals surface area contributed by atoms with Crippen molar-refractivity contribution < 1.29 is 22.8 Å². The van der Waals surface area contributed by atoms with E-state index in [1.807, 2.05) is 19.1 Å². The zero-order chi connectivity index (χ0) is 20.2. The normalized spacial score (nSPS) is 12.4. The molecule has 0 radical (unpaired) electrons. The van der Waals surface area contributed by atoms with Crippen molar-refractivity contribution in [3.05, 3.63) is 65.2 Å². The van der Waals surface area contributed by atoms with E-state index < -0.39 is 23.7 Å². The maximum Gasteiger partial charge on any atom is 0.416 e. The zero-order valence-electron chi connectivity index (χ0n) is 15.3. The lowest BCUT2D eigenvalue weighted by atomic mass is 10.1. The van der Waals surface area contributed by atoms with Crippen LogP contribution in [-0.4, -0.2) is 29.3 Å². The first-order chi connectivity index (χ1) is 12.6. The molecule has 1 unspecified atom stereocenters. The molecule has 1 N–H and O–H groups in total. The first-order valence-electron chi connectivity index (χ1n) is 8.49. The van der Waals surface area contributed by atoms with Crippen LogP contribution in [0.2, 0.25) is 0 Å². The molecule has 144 valence electrons. The number of carbonyl (C=O) groups excluding carboxylic acids is 2. The Morgan fingerprint density at radius 1 is 1.04 bits per heavy atom. The Balaban J connectivity index is 2.12. The van der Waals surface area contributed by atoms with Crippen molar-refractivity contribution in [3.63, 3.8) is 0 Å². The van der Waals surface area contributed by atoms with E-state index >= 15 is 0 Å². The van der Waals surface area contributed by atoms with E-state index in [0.29, 0.717) is 5.69 Å². The van der Waals surface area contributed by atoms with Crippen LogP contribution in [0, 0.1) is 6.92 Å². The summed E-state index contributed by atoms with van der Waals surface area (Å²) in [6.07, 6.45) is -4.47. The summed E-state index contributed by atoms with van der Waals surface area (Å²) in [5, 5.41) is 2.74. The highest BCUT2D eigenvalue weighted by atomic mass is 19.4. The smallest absolute Gasteiger partial charge is 0.327 e. The molecule has 7 heteroatoms. The molecule has 1 atom stereocenters.